The van der Waals surface area contributed by atoms with Crippen LogP contribution in [0, 0.1) is 0 Å². The predicted molar refractivity (Wildman–Crippen MR) is 73.8 cm³/mol. The van der Waals surface area contributed by atoms with Crippen molar-refractivity contribution in [3.63, 3.8) is 0 Å². The molecule has 98 valence electrons. The van der Waals surface area contributed by atoms with E-state index in [9.17, 15) is 0 Å². The second kappa shape index (κ2) is 4.64. The Balaban J connectivity index is 1.88. The summed E-state index contributed by atoms with van der Waals surface area (Å²) in [5.74, 6) is 2.06. The van der Waals surface area contributed by atoms with Gasteiger partial charge in [0.1, 0.15) is 17.4 Å². The number of nitrogens with two attached hydrogens (primary N) is 2. The molecule has 6 heteroatoms. The highest BCUT2D eigenvalue weighted by Gasteiger charge is 2.21. The first-order chi connectivity index (χ1) is 9.22. The van der Waals surface area contributed by atoms with Crippen LogP contribution in [0.25, 0.3) is 0 Å². The van der Waals surface area contributed by atoms with Crippen LogP contribution in [0.1, 0.15) is 18.0 Å². The molecule has 2 heterocycles. The van der Waals surface area contributed by atoms with Gasteiger partial charge in [-0.15, -0.1) is 0 Å². The summed E-state index contributed by atoms with van der Waals surface area (Å²) in [6.45, 7) is 0.671. The molecule has 6 nitrogen and oxygen atoms in total. The Morgan fingerprint density at radius 3 is 2.89 bits per heavy atom. The largest absolute Gasteiger partial charge is 0.493 e. The summed E-state index contributed by atoms with van der Waals surface area (Å²) in [7, 11) is 0. The van der Waals surface area contributed by atoms with Crippen molar-refractivity contribution < 1.29 is 4.74 Å². The van der Waals surface area contributed by atoms with E-state index >= 15 is 0 Å². The number of hydrogen-bond acceptors (Lipinski definition) is 6. The number of nitrogens with one attached hydrogen (secondary N) is 1. The molecule has 1 aromatic carbocycles. The molecule has 0 amide bonds. The minimum absolute atomic E-state index is 0.138. The van der Waals surface area contributed by atoms with Gasteiger partial charge >= 0.3 is 0 Å². The highest BCUT2D eigenvalue weighted by Crippen LogP contribution is 2.33. The standard InChI is InChI=1S/C13H15N5O/c14-11-7-12(18-13(15)17-11)16-9-5-6-19-10-4-2-1-3-8(9)10/h1-4,7,9H,5-6H2,(H5,14,15,16,17,18). The number of ether oxygens (including phenoxy) is 1. The van der Waals surface area contributed by atoms with Gasteiger partial charge in [-0.3, -0.25) is 0 Å². The fourth-order valence-electron chi connectivity index (χ4n) is 2.23. The maximum absolute atomic E-state index is 5.66. The number of fused-ring (bicyclic) bond motifs is 1. The molecule has 0 spiro atoms. The number of nitrogen functional groups attached to an aromatic ring is 2. The molecule has 2 aromatic rings. The minimum atomic E-state index is 0.138. The van der Waals surface area contributed by atoms with Gasteiger partial charge in [-0.25, -0.2) is 0 Å². The van der Waals surface area contributed by atoms with Gasteiger partial charge in [0.2, 0.25) is 5.95 Å². The maximum Gasteiger partial charge on any atom is 0.223 e. The normalized spacial score (nSPS) is 17.4. The van der Waals surface area contributed by atoms with Gasteiger partial charge in [0.25, 0.3) is 0 Å². The van der Waals surface area contributed by atoms with E-state index in [1.54, 1.807) is 6.07 Å². The van der Waals surface area contributed by atoms with Crippen LogP contribution in [0.3, 0.4) is 0 Å². The lowest BCUT2D eigenvalue weighted by Gasteiger charge is -2.27. The Bertz CT molecular complexity index is 581. The van der Waals surface area contributed by atoms with Gasteiger partial charge in [0.05, 0.1) is 12.6 Å². The average Bonchev–Trinajstić information content (AvgIpc) is 2.38. The fraction of sp³-hybridized carbons (Fsp3) is 0.231. The topological polar surface area (TPSA) is 99.1 Å². The Morgan fingerprint density at radius 2 is 2.05 bits per heavy atom. The molecule has 3 rings (SSSR count). The van der Waals surface area contributed by atoms with Crippen LogP contribution < -0.4 is 21.5 Å². The third-order valence-electron chi connectivity index (χ3n) is 3.04. The van der Waals surface area contributed by atoms with Gasteiger partial charge in [-0.2, -0.15) is 9.97 Å². The van der Waals surface area contributed by atoms with E-state index in [0.29, 0.717) is 18.2 Å². The van der Waals surface area contributed by atoms with Crippen LogP contribution >= 0.6 is 0 Å². The molecule has 0 saturated heterocycles. The number of nitrogens with zero attached hydrogens (tertiary/aromatic N) is 2. The zero-order valence-corrected chi connectivity index (χ0v) is 10.3. The van der Waals surface area contributed by atoms with E-state index in [4.69, 9.17) is 16.2 Å². The van der Waals surface area contributed by atoms with Gasteiger partial charge < -0.3 is 21.5 Å². The lowest BCUT2D eigenvalue weighted by atomic mass is 10.0. The summed E-state index contributed by atoms with van der Waals surface area (Å²) in [5, 5.41) is 3.33. The third-order valence-corrected chi connectivity index (χ3v) is 3.04. The zero-order valence-electron chi connectivity index (χ0n) is 10.3. The summed E-state index contributed by atoms with van der Waals surface area (Å²) < 4.78 is 5.62. The Labute approximate surface area is 110 Å². The van der Waals surface area contributed by atoms with E-state index in [1.807, 2.05) is 24.3 Å². The molecule has 1 unspecified atom stereocenters. The predicted octanol–water partition coefficient (Wildman–Crippen LogP) is 1.58. The molecular formula is C13H15N5O. The molecule has 0 aliphatic carbocycles. The molecular weight excluding hydrogens is 242 g/mol. The number of rotatable bonds is 2. The number of benzene rings is 1. The van der Waals surface area contributed by atoms with E-state index in [2.05, 4.69) is 15.3 Å². The summed E-state index contributed by atoms with van der Waals surface area (Å²) in [4.78, 5) is 7.99. The van der Waals surface area contributed by atoms with Gasteiger partial charge in [-0.05, 0) is 6.07 Å². The molecule has 1 atom stereocenters. The number of para-hydroxylation sites is 1. The average molecular weight is 257 g/mol. The first kappa shape index (κ1) is 11.6. The Morgan fingerprint density at radius 1 is 1.21 bits per heavy atom. The van der Waals surface area contributed by atoms with Crippen LogP contribution in [0.5, 0.6) is 5.75 Å². The molecule has 0 bridgehead atoms. The molecule has 1 aliphatic heterocycles. The van der Waals surface area contributed by atoms with Crippen molar-refractivity contribution in [3.05, 3.63) is 35.9 Å². The van der Waals surface area contributed by atoms with Crippen LogP contribution in [-0.4, -0.2) is 16.6 Å². The number of aromatic nitrogens is 2. The van der Waals surface area contributed by atoms with Crippen molar-refractivity contribution >= 4 is 17.6 Å². The highest BCUT2D eigenvalue weighted by atomic mass is 16.5. The SMILES string of the molecule is Nc1cc(NC2CCOc3ccccc32)nc(N)n1. The Hall–Kier alpha value is -2.50. The molecule has 0 radical (unpaired) electrons. The second-order valence-corrected chi connectivity index (χ2v) is 4.41. The molecule has 5 N–H and O–H groups in total. The van der Waals surface area contributed by atoms with Gasteiger partial charge in [-0.1, -0.05) is 18.2 Å². The molecule has 1 aromatic heterocycles. The van der Waals surface area contributed by atoms with Gasteiger partial charge in [0.15, 0.2) is 0 Å². The van der Waals surface area contributed by atoms with Crippen LogP contribution in [-0.2, 0) is 0 Å². The number of anilines is 3. The summed E-state index contributed by atoms with van der Waals surface area (Å²) in [6.07, 6.45) is 0.862. The molecule has 1 aliphatic rings. The monoisotopic (exact) mass is 257 g/mol. The molecule has 0 fully saturated rings. The zero-order chi connectivity index (χ0) is 13.2. The minimum Gasteiger partial charge on any atom is -0.493 e. The van der Waals surface area contributed by atoms with Crippen molar-refractivity contribution in [1.82, 2.24) is 9.97 Å². The third kappa shape index (κ3) is 2.37. The summed E-state index contributed by atoms with van der Waals surface area (Å²) in [5.41, 5.74) is 12.4. The number of hydrogen-bond donors (Lipinski definition) is 3. The first-order valence-corrected chi connectivity index (χ1v) is 6.10. The quantitative estimate of drug-likeness (QED) is 0.755. The summed E-state index contributed by atoms with van der Waals surface area (Å²) in [6, 6.07) is 9.77. The molecule has 19 heavy (non-hydrogen) atoms. The van der Waals surface area contributed by atoms with E-state index in [0.717, 1.165) is 17.7 Å². The van der Waals surface area contributed by atoms with Crippen molar-refractivity contribution in [1.29, 1.82) is 0 Å². The summed E-state index contributed by atoms with van der Waals surface area (Å²) >= 11 is 0. The maximum atomic E-state index is 5.66. The highest BCUT2D eigenvalue weighted by molar-refractivity contribution is 5.51. The first-order valence-electron chi connectivity index (χ1n) is 6.10. The second-order valence-electron chi connectivity index (χ2n) is 4.41. The molecule has 0 saturated carbocycles. The van der Waals surface area contributed by atoms with Crippen LogP contribution in [0.4, 0.5) is 17.6 Å². The van der Waals surface area contributed by atoms with Crippen molar-refractivity contribution in [2.75, 3.05) is 23.4 Å². The van der Waals surface area contributed by atoms with E-state index in [-0.39, 0.29) is 12.0 Å². The smallest absolute Gasteiger partial charge is 0.223 e. The lowest BCUT2D eigenvalue weighted by Crippen LogP contribution is -2.21. The fourth-order valence-corrected chi connectivity index (χ4v) is 2.23. The van der Waals surface area contributed by atoms with Crippen molar-refractivity contribution in [3.8, 4) is 5.75 Å². The van der Waals surface area contributed by atoms with Crippen LogP contribution in [0.15, 0.2) is 30.3 Å². The Kier molecular flexibility index (Phi) is 2.83. The van der Waals surface area contributed by atoms with E-state index in [1.165, 1.54) is 0 Å². The van der Waals surface area contributed by atoms with Gasteiger partial charge in [0, 0.05) is 18.1 Å². The lowest BCUT2D eigenvalue weighted by molar-refractivity contribution is 0.274. The van der Waals surface area contributed by atoms with Crippen LogP contribution in [0.2, 0.25) is 0 Å². The van der Waals surface area contributed by atoms with E-state index < -0.39 is 0 Å². The van der Waals surface area contributed by atoms with Crippen molar-refractivity contribution in [2.24, 2.45) is 0 Å². The van der Waals surface area contributed by atoms with Crippen molar-refractivity contribution in [2.45, 2.75) is 12.5 Å².